The van der Waals surface area contributed by atoms with Crippen LogP contribution in [0.15, 0.2) is 17.3 Å². The molecule has 0 spiro atoms. The van der Waals surface area contributed by atoms with Gasteiger partial charge in [0.15, 0.2) is 0 Å². The van der Waals surface area contributed by atoms with Gasteiger partial charge in [-0.15, -0.1) is 0 Å². The molecule has 0 unspecified atom stereocenters. The SMILES string of the molecule is CC/C=C/N=C/CBr. The molecular weight excluding hydrogens is 166 g/mol. The van der Waals surface area contributed by atoms with Gasteiger partial charge in [-0.2, -0.15) is 0 Å². The van der Waals surface area contributed by atoms with Crippen LogP contribution in [0.25, 0.3) is 0 Å². The lowest BCUT2D eigenvalue weighted by molar-refractivity contribution is 1.21. The molecule has 0 radical (unpaired) electrons. The Morgan fingerprint density at radius 1 is 1.62 bits per heavy atom. The number of hydrogen-bond donors (Lipinski definition) is 0. The molecule has 0 atom stereocenters. The Labute approximate surface area is 58.6 Å². The molecule has 2 heteroatoms. The predicted molar refractivity (Wildman–Crippen MR) is 41.7 cm³/mol. The summed E-state index contributed by atoms with van der Waals surface area (Å²) in [4.78, 5) is 3.93. The highest BCUT2D eigenvalue weighted by Gasteiger charge is 1.63. The van der Waals surface area contributed by atoms with Crippen molar-refractivity contribution >= 4 is 22.1 Å². The first kappa shape index (κ1) is 7.89. The highest BCUT2D eigenvalue weighted by atomic mass is 79.9. The summed E-state index contributed by atoms with van der Waals surface area (Å²) in [5.74, 6) is 0. The van der Waals surface area contributed by atoms with Crippen molar-refractivity contribution in [3.63, 3.8) is 0 Å². The smallest absolute Gasteiger partial charge is 0.0386 e. The summed E-state index contributed by atoms with van der Waals surface area (Å²) in [7, 11) is 0. The number of alkyl halides is 1. The quantitative estimate of drug-likeness (QED) is 0.462. The summed E-state index contributed by atoms with van der Waals surface area (Å²) >= 11 is 3.22. The van der Waals surface area contributed by atoms with Gasteiger partial charge in [0.1, 0.15) is 0 Å². The maximum absolute atomic E-state index is 3.93. The fraction of sp³-hybridized carbons (Fsp3) is 0.500. The molecule has 0 aliphatic rings. The first-order chi connectivity index (χ1) is 3.91. The van der Waals surface area contributed by atoms with Crippen LogP contribution in [0.4, 0.5) is 0 Å². The molecule has 0 rings (SSSR count). The topological polar surface area (TPSA) is 12.4 Å². The van der Waals surface area contributed by atoms with Crippen LogP contribution in [-0.4, -0.2) is 11.5 Å². The van der Waals surface area contributed by atoms with Crippen molar-refractivity contribution < 1.29 is 0 Å². The lowest BCUT2D eigenvalue weighted by atomic mass is 10.5. The number of nitrogens with zero attached hydrogens (tertiary/aromatic N) is 1. The molecule has 0 bridgehead atoms. The third-order valence-corrected chi connectivity index (χ3v) is 0.891. The summed E-state index contributed by atoms with van der Waals surface area (Å²) in [5.41, 5.74) is 0. The monoisotopic (exact) mass is 175 g/mol. The number of hydrogen-bond acceptors (Lipinski definition) is 1. The predicted octanol–water partition coefficient (Wildman–Crippen LogP) is 2.38. The van der Waals surface area contributed by atoms with E-state index in [0.717, 1.165) is 11.8 Å². The maximum Gasteiger partial charge on any atom is 0.0386 e. The van der Waals surface area contributed by atoms with Crippen LogP contribution in [0.1, 0.15) is 13.3 Å². The van der Waals surface area contributed by atoms with Crippen molar-refractivity contribution in [1.29, 1.82) is 0 Å². The van der Waals surface area contributed by atoms with Crippen LogP contribution in [0.2, 0.25) is 0 Å². The van der Waals surface area contributed by atoms with Crippen LogP contribution in [0.3, 0.4) is 0 Å². The molecule has 46 valence electrons. The van der Waals surface area contributed by atoms with E-state index in [4.69, 9.17) is 0 Å². The minimum absolute atomic E-state index is 0.834. The van der Waals surface area contributed by atoms with E-state index < -0.39 is 0 Å². The fourth-order valence-corrected chi connectivity index (χ4v) is 0.434. The van der Waals surface area contributed by atoms with Crippen LogP contribution in [0, 0.1) is 0 Å². The third kappa shape index (κ3) is 5.89. The maximum atomic E-state index is 3.93. The molecule has 0 amide bonds. The van der Waals surface area contributed by atoms with E-state index in [2.05, 4.69) is 27.8 Å². The van der Waals surface area contributed by atoms with Gasteiger partial charge in [0.2, 0.25) is 0 Å². The van der Waals surface area contributed by atoms with Gasteiger partial charge in [-0.1, -0.05) is 28.9 Å². The summed E-state index contributed by atoms with van der Waals surface area (Å²) in [6.07, 6.45) is 6.69. The minimum Gasteiger partial charge on any atom is -0.269 e. The van der Waals surface area contributed by atoms with Gasteiger partial charge in [-0.3, -0.25) is 4.99 Å². The lowest BCUT2D eigenvalue weighted by Gasteiger charge is -1.73. The molecule has 0 N–H and O–H groups in total. The molecule has 0 heterocycles. The van der Waals surface area contributed by atoms with Crippen LogP contribution >= 0.6 is 15.9 Å². The highest BCUT2D eigenvalue weighted by molar-refractivity contribution is 9.09. The first-order valence-corrected chi connectivity index (χ1v) is 3.76. The lowest BCUT2D eigenvalue weighted by Crippen LogP contribution is -1.67. The molecule has 8 heavy (non-hydrogen) atoms. The molecule has 0 aliphatic carbocycles. The van der Waals surface area contributed by atoms with Crippen molar-refractivity contribution in [1.82, 2.24) is 0 Å². The zero-order chi connectivity index (χ0) is 6.24. The molecular formula is C6H10BrN. The average Bonchev–Trinajstić information content (AvgIpc) is 1.81. The number of rotatable bonds is 3. The van der Waals surface area contributed by atoms with Gasteiger partial charge in [0.25, 0.3) is 0 Å². The standard InChI is InChI=1S/C6H10BrN/c1-2-3-5-8-6-4-7/h3,5-6H,2,4H2,1H3/b5-3+,8-6+. The van der Waals surface area contributed by atoms with Gasteiger partial charge in [-0.05, 0) is 6.42 Å². The van der Waals surface area contributed by atoms with Crippen molar-refractivity contribution in [2.45, 2.75) is 13.3 Å². The second kappa shape index (κ2) is 6.89. The number of halogens is 1. The van der Waals surface area contributed by atoms with Gasteiger partial charge < -0.3 is 0 Å². The minimum atomic E-state index is 0.834. The Morgan fingerprint density at radius 2 is 2.38 bits per heavy atom. The Morgan fingerprint density at radius 3 is 2.88 bits per heavy atom. The van der Waals surface area contributed by atoms with Crippen molar-refractivity contribution in [3.8, 4) is 0 Å². The molecule has 0 saturated carbocycles. The molecule has 0 aromatic carbocycles. The summed E-state index contributed by atoms with van der Waals surface area (Å²) < 4.78 is 0. The average molecular weight is 176 g/mol. The van der Waals surface area contributed by atoms with Crippen molar-refractivity contribution in [3.05, 3.63) is 12.3 Å². The molecule has 0 aromatic rings. The van der Waals surface area contributed by atoms with Crippen molar-refractivity contribution in [2.24, 2.45) is 4.99 Å². The number of allylic oxidation sites excluding steroid dienone is 1. The van der Waals surface area contributed by atoms with E-state index in [1.54, 1.807) is 6.20 Å². The second-order valence-electron chi connectivity index (χ2n) is 1.28. The molecule has 0 fully saturated rings. The van der Waals surface area contributed by atoms with Gasteiger partial charge in [0, 0.05) is 17.7 Å². The molecule has 0 saturated heterocycles. The molecule has 1 nitrogen and oxygen atoms in total. The summed E-state index contributed by atoms with van der Waals surface area (Å²) in [5, 5.41) is 0.834. The highest BCUT2D eigenvalue weighted by Crippen LogP contribution is 1.80. The van der Waals surface area contributed by atoms with E-state index in [1.165, 1.54) is 0 Å². The largest absolute Gasteiger partial charge is 0.269 e. The van der Waals surface area contributed by atoms with Crippen LogP contribution in [0.5, 0.6) is 0 Å². The normalized spacial score (nSPS) is 11.8. The second-order valence-corrected chi connectivity index (χ2v) is 1.93. The zero-order valence-corrected chi connectivity index (χ0v) is 6.56. The molecule has 0 aliphatic heterocycles. The van der Waals surface area contributed by atoms with Crippen molar-refractivity contribution in [2.75, 3.05) is 5.33 Å². The van der Waals surface area contributed by atoms with Gasteiger partial charge >= 0.3 is 0 Å². The zero-order valence-electron chi connectivity index (χ0n) is 4.97. The van der Waals surface area contributed by atoms with E-state index in [9.17, 15) is 0 Å². The Bertz CT molecular complexity index is 74.5. The fourth-order valence-electron chi connectivity index (χ4n) is 0.267. The molecule has 0 aromatic heterocycles. The first-order valence-electron chi connectivity index (χ1n) is 2.64. The van der Waals surface area contributed by atoms with E-state index in [-0.39, 0.29) is 0 Å². The van der Waals surface area contributed by atoms with E-state index in [0.29, 0.717) is 0 Å². The van der Waals surface area contributed by atoms with E-state index in [1.807, 2.05) is 12.3 Å². The third-order valence-electron chi connectivity index (χ3n) is 0.602. The Kier molecular flexibility index (Phi) is 6.80. The number of aliphatic imine (C=N–C) groups is 1. The van der Waals surface area contributed by atoms with E-state index >= 15 is 0 Å². The Hall–Kier alpha value is -0.110. The van der Waals surface area contributed by atoms with Crippen LogP contribution in [-0.2, 0) is 0 Å². The van der Waals surface area contributed by atoms with Gasteiger partial charge in [0.05, 0.1) is 0 Å². The summed E-state index contributed by atoms with van der Waals surface area (Å²) in [6, 6.07) is 0. The van der Waals surface area contributed by atoms with Crippen LogP contribution < -0.4 is 0 Å². The Balaban J connectivity index is 3.13. The summed E-state index contributed by atoms with van der Waals surface area (Å²) in [6.45, 7) is 2.08. The van der Waals surface area contributed by atoms with Gasteiger partial charge in [-0.25, -0.2) is 0 Å².